The lowest BCUT2D eigenvalue weighted by Crippen LogP contribution is -2.74. The average Bonchev–Trinajstić information content (AvgIpc) is 1.58. The molecule has 4 heterocycles. The summed E-state index contributed by atoms with van der Waals surface area (Å²) in [5.74, 6) is -3.45. The fourth-order valence-corrected chi connectivity index (χ4v) is 12.7. The maximum Gasteiger partial charge on any atom is 0.238 e. The minimum absolute atomic E-state index is 0.0618. The second-order valence-corrected chi connectivity index (χ2v) is 19.0. The van der Waals surface area contributed by atoms with Crippen molar-refractivity contribution >= 4 is 94.4 Å². The number of para-hydroxylation sites is 6. The average molecular weight is 946 g/mol. The summed E-state index contributed by atoms with van der Waals surface area (Å²) in [5, 5.41) is -4.80. The molecular weight excluding hydrogens is 871 g/mol. The third kappa shape index (κ3) is 6.08. The van der Waals surface area contributed by atoms with Crippen LogP contribution in [0.25, 0.3) is 100.0 Å². The minimum atomic E-state index is -6.06. The first-order valence-electron chi connectivity index (χ1n) is 37.9. The number of benzene rings is 10. The summed E-state index contributed by atoms with van der Waals surface area (Å²) in [6.45, 7) is 0. The smallest absolute Gasteiger partial charge is 0.238 e. The molecule has 0 unspecified atom stereocenters. The van der Waals surface area contributed by atoms with Crippen LogP contribution in [0.3, 0.4) is 0 Å². The van der Waals surface area contributed by atoms with Gasteiger partial charge in [-0.2, -0.15) is 9.97 Å². The highest BCUT2D eigenvalue weighted by Gasteiger charge is 2.42. The number of nitrogens with zero attached hydrogens (tertiary/aromatic N) is 5. The Hall–Kier alpha value is -9.17. The lowest BCUT2D eigenvalue weighted by atomic mass is 10.1. The first-order chi connectivity index (χ1) is 48.8. The van der Waals surface area contributed by atoms with Crippen LogP contribution in [0.2, 0.25) is 0 Å². The molecule has 14 aromatic rings. The van der Waals surface area contributed by atoms with Gasteiger partial charge in [-0.25, -0.2) is 4.98 Å². The lowest BCUT2D eigenvalue weighted by Gasteiger charge is -2.34. The van der Waals surface area contributed by atoms with Crippen LogP contribution in [0.5, 0.6) is 0 Å². The Morgan fingerprint density at radius 1 is 0.386 bits per heavy atom. The van der Waals surface area contributed by atoms with E-state index in [1.165, 1.54) is 18.2 Å². The Morgan fingerprint density at radius 2 is 0.900 bits per heavy atom. The molecule has 0 aliphatic rings. The lowest BCUT2D eigenvalue weighted by molar-refractivity contribution is 0.669. The summed E-state index contributed by atoms with van der Waals surface area (Å²) < 4.78 is 326. The van der Waals surface area contributed by atoms with Gasteiger partial charge < -0.3 is 8.98 Å². The van der Waals surface area contributed by atoms with Crippen molar-refractivity contribution in [3.8, 4) is 34.4 Å². The second-order valence-electron chi connectivity index (χ2n) is 15.4. The molecule has 328 valence electrons. The summed E-state index contributed by atoms with van der Waals surface area (Å²) in [4.78, 5) is 14.0. The molecule has 10 aromatic carbocycles. The normalized spacial score (nSPS) is 18.8. The highest BCUT2D eigenvalue weighted by atomic mass is 28.3. The summed E-state index contributed by atoms with van der Waals surface area (Å²) in [6.07, 6.45) is 0. The number of hydrogen-bond donors (Lipinski definition) is 0. The zero-order valence-electron chi connectivity index (χ0n) is 69.2. The molecule has 7 heteroatoms. The molecule has 0 saturated carbocycles. The largest absolute Gasteiger partial charge is 0.456 e. The molecule has 0 spiro atoms. The number of fused-ring (bicyclic) bond motifs is 9. The fourth-order valence-electron chi connectivity index (χ4n) is 8.87. The Bertz CT molecular complexity index is 6110. The maximum absolute atomic E-state index is 10.8. The van der Waals surface area contributed by atoms with Crippen molar-refractivity contribution in [2.75, 3.05) is 0 Å². The minimum Gasteiger partial charge on any atom is -0.456 e. The zero-order chi connectivity index (χ0) is 75.8. The summed E-state index contributed by atoms with van der Waals surface area (Å²) in [7, 11) is -6.06. The van der Waals surface area contributed by atoms with E-state index < -0.39 is 307 Å². The van der Waals surface area contributed by atoms with Crippen LogP contribution in [0.1, 0.15) is 46.6 Å². The number of hydrogen-bond acceptors (Lipinski definition) is 4. The summed E-state index contributed by atoms with van der Waals surface area (Å²) >= 11 is 0. The number of rotatable bonds is 8. The van der Waals surface area contributed by atoms with E-state index in [0.717, 1.165) is 0 Å². The predicted molar refractivity (Wildman–Crippen MR) is 290 cm³/mol. The van der Waals surface area contributed by atoms with Crippen molar-refractivity contribution in [2.45, 2.75) is 0 Å². The first-order valence-corrected chi connectivity index (χ1v) is 22.9. The topological polar surface area (TPSA) is 61.7 Å². The van der Waals surface area contributed by atoms with Crippen molar-refractivity contribution in [2.24, 2.45) is 0 Å². The van der Waals surface area contributed by atoms with Gasteiger partial charge in [0.2, 0.25) is 5.95 Å². The van der Waals surface area contributed by atoms with Crippen LogP contribution < -0.4 is 20.7 Å². The van der Waals surface area contributed by atoms with Gasteiger partial charge in [0.15, 0.2) is 19.7 Å². The summed E-state index contributed by atoms with van der Waals surface area (Å²) in [5.41, 5.74) is -5.94. The van der Waals surface area contributed by atoms with E-state index in [9.17, 15) is 32.9 Å². The van der Waals surface area contributed by atoms with Crippen LogP contribution in [-0.2, 0) is 0 Å². The van der Waals surface area contributed by atoms with E-state index in [-0.39, 0.29) is 16.4 Å². The van der Waals surface area contributed by atoms with Crippen LogP contribution in [0.15, 0.2) is 252 Å². The second kappa shape index (κ2) is 16.0. The Balaban J connectivity index is 1.26. The van der Waals surface area contributed by atoms with Crippen LogP contribution in [0, 0.1) is 0 Å². The molecular formula is C63H41N5OSi. The molecule has 6 nitrogen and oxygen atoms in total. The fraction of sp³-hybridized carbons (Fsp3) is 0. The number of furan rings is 1. The number of aromatic nitrogens is 5. The van der Waals surface area contributed by atoms with E-state index in [0.29, 0.717) is 19.9 Å². The van der Waals surface area contributed by atoms with Gasteiger partial charge in [-0.15, -0.1) is 0 Å². The highest BCUT2D eigenvalue weighted by Crippen LogP contribution is 2.37. The first kappa shape index (κ1) is 18.7. The van der Waals surface area contributed by atoms with Crippen LogP contribution in [0.4, 0.5) is 0 Å². The molecule has 4 aromatic heterocycles. The van der Waals surface area contributed by atoms with Gasteiger partial charge >= 0.3 is 0 Å². The molecule has 0 fully saturated rings. The van der Waals surface area contributed by atoms with Gasteiger partial charge in [0.1, 0.15) is 11.2 Å². The van der Waals surface area contributed by atoms with Crippen molar-refractivity contribution < 1.29 is 51.0 Å². The SMILES string of the molecule is [2H]c1c([2H])c([2H])c([Si](c2ccc3c(c2)oc2ccccc23)(c2c([2H])c([2H])c([2H])c([2H])c2[2H])c2c([2H])c([2H])c([2H])c(-c3nc(-c4c([2H])c([2H])c([2H])c([2H])c4-n4c5c([2H])c([2H])c([2H])c([2H])c5c5c([2H])c([2H])c([2H])c([2H])c54)nc(-n4c5c([2H])c([2H])c([2H])c([2H])c5c5c([2H])c([2H])c([2H])c([2H])c54)n3)c2[2H])c([2H])c1[2H]. The molecule has 0 bridgehead atoms. The predicted octanol–water partition coefficient (Wildman–Crippen LogP) is 12.7. The Labute approximate surface area is 451 Å². The van der Waals surface area contributed by atoms with Gasteiger partial charge in [0.25, 0.3) is 0 Å². The Morgan fingerprint density at radius 3 is 1.54 bits per heavy atom. The molecule has 14 rings (SSSR count). The van der Waals surface area contributed by atoms with Crippen molar-refractivity contribution in [3.63, 3.8) is 0 Å². The van der Waals surface area contributed by atoms with Crippen LogP contribution in [-0.4, -0.2) is 32.2 Å². The standard InChI is InChI=1S/C63H41N5OSi/c1-3-21-43(22-4-1)70(44-23-5-2-6-24-44,46-38-39-52-51-30-12-18-37-59(51)69-60(52)41-46)45-25-19-20-42(40-45)61-64-62(66-63(65-61)68-56-34-15-9-28-49(56)50-29-10-16-35-57(50)68)53-31-11-17-36-58(53)67-54-32-13-7-26-47(54)48-27-8-14-33-55(48)67/h1-41H/i1D,2D,3D,4D,5D,6D,7D,8D,9D,10D,11D,13D,14D,15D,16D,17D,19D,20D,21D,22D,23D,24D,25D,26D,27D,28D,29D,31D,32D,33D,34D,35D,36D,40D. The van der Waals surface area contributed by atoms with E-state index in [4.69, 9.17) is 18.1 Å². The third-order valence-electron chi connectivity index (χ3n) is 11.8. The molecule has 0 N–H and O–H groups in total. The van der Waals surface area contributed by atoms with Crippen molar-refractivity contribution in [1.82, 2.24) is 24.1 Å². The highest BCUT2D eigenvalue weighted by molar-refractivity contribution is 7.20. The van der Waals surface area contributed by atoms with Gasteiger partial charge in [-0.1, -0.05) is 200 Å². The maximum atomic E-state index is 10.8. The molecule has 0 radical (unpaired) electrons. The molecule has 0 aliphatic carbocycles. The van der Waals surface area contributed by atoms with Crippen molar-refractivity contribution in [1.29, 1.82) is 0 Å². The van der Waals surface area contributed by atoms with Gasteiger partial charge in [-0.3, -0.25) is 4.57 Å². The summed E-state index contributed by atoms with van der Waals surface area (Å²) in [6, 6.07) is -25.5. The van der Waals surface area contributed by atoms with Gasteiger partial charge in [-0.05, 0) is 69.1 Å². The third-order valence-corrected chi connectivity index (χ3v) is 16.0. The molecule has 70 heavy (non-hydrogen) atoms. The van der Waals surface area contributed by atoms with E-state index in [2.05, 4.69) is 15.0 Å². The monoisotopic (exact) mass is 946 g/mol. The van der Waals surface area contributed by atoms with Gasteiger partial charge in [0.05, 0.1) is 74.4 Å². The van der Waals surface area contributed by atoms with E-state index >= 15 is 0 Å². The van der Waals surface area contributed by atoms with Gasteiger partial charge in [0, 0.05) is 43.4 Å². The molecule has 0 atom stereocenters. The van der Waals surface area contributed by atoms with E-state index in [1.54, 1.807) is 24.3 Å². The molecule has 0 saturated heterocycles. The Kier molecular flexibility index (Phi) is 4.27. The van der Waals surface area contributed by atoms with E-state index in [1.807, 2.05) is 0 Å². The zero-order valence-corrected chi connectivity index (χ0v) is 36.2. The molecule has 0 amide bonds. The van der Waals surface area contributed by atoms with Crippen LogP contribution >= 0.6 is 0 Å². The quantitative estimate of drug-likeness (QED) is 0.112. The molecule has 0 aliphatic heterocycles. The van der Waals surface area contributed by atoms with Crippen molar-refractivity contribution in [3.05, 3.63) is 248 Å².